The van der Waals surface area contributed by atoms with Gasteiger partial charge in [-0.1, -0.05) is 31.6 Å². The van der Waals surface area contributed by atoms with E-state index >= 15 is 0 Å². The van der Waals surface area contributed by atoms with Crippen molar-refractivity contribution in [2.45, 2.75) is 69.7 Å². The lowest BCUT2D eigenvalue weighted by Crippen LogP contribution is -2.63. The lowest BCUT2D eigenvalue weighted by atomic mass is 9.45. The van der Waals surface area contributed by atoms with Crippen molar-refractivity contribution in [2.24, 2.45) is 22.7 Å². The highest BCUT2D eigenvalue weighted by atomic mass is 16.3. The van der Waals surface area contributed by atoms with Crippen molar-refractivity contribution >= 4 is 0 Å². The Kier molecular flexibility index (Phi) is 3.52. The van der Waals surface area contributed by atoms with E-state index in [1.54, 1.807) is 24.7 Å². The second kappa shape index (κ2) is 5.37. The van der Waals surface area contributed by atoms with Gasteiger partial charge >= 0.3 is 0 Å². The maximum atomic E-state index is 12.0. The normalized spacial score (nSPS) is 51.3. The van der Waals surface area contributed by atoms with Gasteiger partial charge in [0, 0.05) is 11.0 Å². The molecule has 3 N–H and O–H groups in total. The van der Waals surface area contributed by atoms with Crippen molar-refractivity contribution in [2.75, 3.05) is 0 Å². The van der Waals surface area contributed by atoms with E-state index < -0.39 is 16.6 Å². The molecular formula is C23H30O4. The first-order valence-electron chi connectivity index (χ1n) is 10.3. The van der Waals surface area contributed by atoms with Gasteiger partial charge in [-0.05, 0) is 67.9 Å². The first-order chi connectivity index (χ1) is 12.7. The van der Waals surface area contributed by atoms with Crippen LogP contribution in [0.1, 0.15) is 57.9 Å². The Hall–Kier alpha value is -1.36. The molecule has 0 radical (unpaired) electrons. The number of aliphatic hydroxyl groups is 3. The second-order valence-corrected chi connectivity index (χ2v) is 9.80. The van der Waals surface area contributed by atoms with E-state index in [2.05, 4.69) is 13.0 Å². The van der Waals surface area contributed by atoms with Crippen LogP contribution in [-0.4, -0.2) is 27.0 Å². The summed E-state index contributed by atoms with van der Waals surface area (Å²) in [5, 5.41) is 33.8. The Balaban J connectivity index is 1.57. The number of hydrogen-bond acceptors (Lipinski definition) is 4. The van der Waals surface area contributed by atoms with E-state index in [1.807, 2.05) is 13.0 Å². The summed E-state index contributed by atoms with van der Waals surface area (Å²) in [6, 6.07) is 1.80. The molecule has 2 fully saturated rings. The molecule has 4 heteroatoms. The summed E-state index contributed by atoms with van der Waals surface area (Å²) in [7, 11) is 0. The smallest absolute Gasteiger partial charge is 0.119 e. The van der Waals surface area contributed by atoms with E-state index in [9.17, 15) is 15.3 Å². The Bertz CT molecular complexity index is 810. The summed E-state index contributed by atoms with van der Waals surface area (Å²) < 4.78 is 5.24. The Morgan fingerprint density at radius 1 is 1.07 bits per heavy atom. The zero-order valence-corrected chi connectivity index (χ0v) is 16.2. The van der Waals surface area contributed by atoms with E-state index in [0.717, 1.165) is 44.1 Å². The molecule has 4 aliphatic rings. The number of rotatable bonds is 1. The van der Waals surface area contributed by atoms with Gasteiger partial charge in [0.1, 0.15) is 5.60 Å². The molecule has 1 aromatic rings. The molecule has 0 aromatic carbocycles. The third-order valence-electron chi connectivity index (χ3n) is 8.89. The SMILES string of the molecule is C[C@]12CC[C@H]3[C@@H](CC=C4C[C@@H](O)CC[C@@]43C)[C@@]1(O)C=C[C@]2(O)c1ccoc1. The topological polar surface area (TPSA) is 73.8 Å². The third kappa shape index (κ3) is 1.99. The highest BCUT2D eigenvalue weighted by Gasteiger charge is 2.69. The first kappa shape index (κ1) is 17.7. The maximum Gasteiger partial charge on any atom is 0.119 e. The molecule has 1 aromatic heterocycles. The van der Waals surface area contributed by atoms with Gasteiger partial charge in [0.05, 0.1) is 24.2 Å². The zero-order valence-electron chi connectivity index (χ0n) is 16.2. The van der Waals surface area contributed by atoms with Crippen LogP contribution in [0.4, 0.5) is 0 Å². The van der Waals surface area contributed by atoms with Crippen molar-refractivity contribution < 1.29 is 19.7 Å². The number of aliphatic hydroxyl groups excluding tert-OH is 1. The minimum absolute atomic E-state index is 0.0450. The van der Waals surface area contributed by atoms with Crippen molar-refractivity contribution in [3.8, 4) is 0 Å². The lowest BCUT2D eigenvalue weighted by molar-refractivity contribution is -0.205. The molecule has 0 saturated heterocycles. The van der Waals surface area contributed by atoms with Crippen molar-refractivity contribution in [1.82, 2.24) is 0 Å². The van der Waals surface area contributed by atoms with Gasteiger partial charge in [0.15, 0.2) is 0 Å². The van der Waals surface area contributed by atoms with Crippen LogP contribution in [0.5, 0.6) is 0 Å². The molecule has 0 spiro atoms. The van der Waals surface area contributed by atoms with Gasteiger partial charge in [0.25, 0.3) is 0 Å². The summed E-state index contributed by atoms with van der Waals surface area (Å²) in [5.41, 5.74) is -0.808. The van der Waals surface area contributed by atoms with E-state index in [1.165, 1.54) is 5.57 Å². The molecule has 0 bridgehead atoms. The molecule has 4 aliphatic carbocycles. The predicted molar refractivity (Wildman–Crippen MR) is 102 cm³/mol. The minimum atomic E-state index is -1.21. The van der Waals surface area contributed by atoms with Crippen LogP contribution in [0.3, 0.4) is 0 Å². The third-order valence-corrected chi connectivity index (χ3v) is 8.89. The van der Waals surface area contributed by atoms with Crippen LogP contribution < -0.4 is 0 Å². The van der Waals surface area contributed by atoms with Crippen LogP contribution in [0.2, 0.25) is 0 Å². The molecule has 5 rings (SSSR count). The molecule has 27 heavy (non-hydrogen) atoms. The highest BCUT2D eigenvalue weighted by molar-refractivity contribution is 5.41. The molecule has 2 saturated carbocycles. The Morgan fingerprint density at radius 3 is 2.63 bits per heavy atom. The summed E-state index contributed by atoms with van der Waals surface area (Å²) in [6.45, 7) is 4.36. The number of furan rings is 1. The van der Waals surface area contributed by atoms with Gasteiger partial charge in [-0.2, -0.15) is 0 Å². The van der Waals surface area contributed by atoms with Crippen molar-refractivity contribution in [1.29, 1.82) is 0 Å². The molecule has 7 atom stereocenters. The van der Waals surface area contributed by atoms with E-state index in [-0.39, 0.29) is 17.4 Å². The molecular weight excluding hydrogens is 340 g/mol. The fourth-order valence-corrected chi connectivity index (χ4v) is 7.02. The maximum absolute atomic E-state index is 12.0. The van der Waals surface area contributed by atoms with Gasteiger partial charge < -0.3 is 19.7 Å². The number of hydrogen-bond donors (Lipinski definition) is 3. The van der Waals surface area contributed by atoms with Crippen LogP contribution in [0.25, 0.3) is 0 Å². The van der Waals surface area contributed by atoms with Crippen molar-refractivity contribution in [3.63, 3.8) is 0 Å². The molecule has 146 valence electrons. The fourth-order valence-electron chi connectivity index (χ4n) is 7.02. The molecule has 0 aliphatic heterocycles. The predicted octanol–water partition coefficient (Wildman–Crippen LogP) is 3.68. The molecule has 1 heterocycles. The molecule has 4 nitrogen and oxygen atoms in total. The quantitative estimate of drug-likeness (QED) is 0.659. The average molecular weight is 370 g/mol. The Morgan fingerprint density at radius 2 is 1.89 bits per heavy atom. The van der Waals surface area contributed by atoms with Gasteiger partial charge in [-0.3, -0.25) is 0 Å². The number of allylic oxidation sites excluding steroid dienone is 1. The zero-order chi connectivity index (χ0) is 19.1. The van der Waals surface area contributed by atoms with Crippen molar-refractivity contribution in [3.05, 3.63) is 48.0 Å². The highest BCUT2D eigenvalue weighted by Crippen LogP contribution is 2.68. The average Bonchev–Trinajstić information content (AvgIpc) is 3.24. The summed E-state index contributed by atoms with van der Waals surface area (Å²) in [6.07, 6.45) is 14.0. The van der Waals surface area contributed by atoms with Gasteiger partial charge in [-0.15, -0.1) is 0 Å². The summed E-state index contributed by atoms with van der Waals surface area (Å²) in [5.74, 6) is 0.455. The van der Waals surface area contributed by atoms with Crippen LogP contribution in [0.15, 0.2) is 46.8 Å². The standard InChI is InChI=1S/C23H30O4/c1-20-8-5-17(24)13-15(20)3-4-19-18(20)6-9-21(2)22(25,10-11-23(19,21)26)16-7-12-27-14-16/h3,7,10-12,14,17-19,24-26H,4-6,8-9,13H2,1-2H3/t17-,18-,19+,20-,21+,22-,23-/m0/s1. The largest absolute Gasteiger partial charge is 0.472 e. The lowest BCUT2D eigenvalue weighted by Gasteiger charge is -2.62. The van der Waals surface area contributed by atoms with Crippen LogP contribution in [0, 0.1) is 22.7 Å². The first-order valence-corrected chi connectivity index (χ1v) is 10.3. The summed E-state index contributed by atoms with van der Waals surface area (Å²) in [4.78, 5) is 0. The van der Waals surface area contributed by atoms with E-state index in [4.69, 9.17) is 4.42 Å². The molecule has 0 amide bonds. The minimum Gasteiger partial charge on any atom is -0.472 e. The fraction of sp³-hybridized carbons (Fsp3) is 0.652. The van der Waals surface area contributed by atoms with E-state index in [0.29, 0.717) is 5.92 Å². The Labute approximate surface area is 160 Å². The second-order valence-electron chi connectivity index (χ2n) is 9.80. The summed E-state index contributed by atoms with van der Waals surface area (Å²) >= 11 is 0. The van der Waals surface area contributed by atoms with Crippen LogP contribution >= 0.6 is 0 Å². The molecule has 0 unspecified atom stereocenters. The monoisotopic (exact) mass is 370 g/mol. The van der Waals surface area contributed by atoms with Gasteiger partial charge in [-0.25, -0.2) is 0 Å². The van der Waals surface area contributed by atoms with Gasteiger partial charge in [0.2, 0.25) is 0 Å². The number of fused-ring (bicyclic) bond motifs is 5. The van der Waals surface area contributed by atoms with Crippen LogP contribution in [-0.2, 0) is 5.60 Å².